The number of hydrogen-bond acceptors (Lipinski definition) is 4. The van der Waals surface area contributed by atoms with Gasteiger partial charge in [0.15, 0.2) is 0 Å². The molecular formula is C11H13NO4. The Morgan fingerprint density at radius 1 is 1.25 bits per heavy atom. The zero-order chi connectivity index (χ0) is 11.5. The number of benzene rings is 1. The molecular weight excluding hydrogens is 210 g/mol. The summed E-state index contributed by atoms with van der Waals surface area (Å²) in [6, 6.07) is 5.34. The highest BCUT2D eigenvalue weighted by Gasteiger charge is 2.24. The molecule has 0 radical (unpaired) electrons. The summed E-state index contributed by atoms with van der Waals surface area (Å²) in [4.78, 5) is 10.9. The first-order valence-electron chi connectivity index (χ1n) is 4.89. The molecule has 1 atom stereocenters. The SMILES string of the molecule is COc1cc(OC)cc([C@@H]2COC(=O)N2)c1. The van der Waals surface area contributed by atoms with Gasteiger partial charge >= 0.3 is 6.09 Å². The second-order valence-corrected chi connectivity index (χ2v) is 3.44. The summed E-state index contributed by atoms with van der Waals surface area (Å²) < 4.78 is 15.1. The van der Waals surface area contributed by atoms with E-state index in [0.29, 0.717) is 18.1 Å². The van der Waals surface area contributed by atoms with E-state index in [-0.39, 0.29) is 6.04 Å². The Morgan fingerprint density at radius 2 is 1.88 bits per heavy atom. The van der Waals surface area contributed by atoms with Crippen molar-refractivity contribution < 1.29 is 19.0 Å². The second kappa shape index (κ2) is 4.30. The van der Waals surface area contributed by atoms with Crippen molar-refractivity contribution in [2.24, 2.45) is 0 Å². The van der Waals surface area contributed by atoms with Crippen LogP contribution in [0.15, 0.2) is 18.2 Å². The van der Waals surface area contributed by atoms with Gasteiger partial charge in [0.2, 0.25) is 0 Å². The van der Waals surface area contributed by atoms with E-state index in [1.165, 1.54) is 0 Å². The van der Waals surface area contributed by atoms with Gasteiger partial charge in [-0.15, -0.1) is 0 Å². The van der Waals surface area contributed by atoms with Gasteiger partial charge in [-0.3, -0.25) is 0 Å². The second-order valence-electron chi connectivity index (χ2n) is 3.44. The molecule has 16 heavy (non-hydrogen) atoms. The molecule has 0 spiro atoms. The summed E-state index contributed by atoms with van der Waals surface area (Å²) in [7, 11) is 3.17. The van der Waals surface area contributed by atoms with E-state index in [9.17, 15) is 4.79 Å². The van der Waals surface area contributed by atoms with E-state index >= 15 is 0 Å². The number of hydrogen-bond donors (Lipinski definition) is 1. The molecule has 0 saturated carbocycles. The van der Waals surface area contributed by atoms with Crippen LogP contribution in [0.2, 0.25) is 0 Å². The number of ether oxygens (including phenoxy) is 3. The van der Waals surface area contributed by atoms with E-state index < -0.39 is 6.09 Å². The van der Waals surface area contributed by atoms with Gasteiger partial charge in [0.25, 0.3) is 0 Å². The Kier molecular flexibility index (Phi) is 2.85. The van der Waals surface area contributed by atoms with E-state index in [4.69, 9.17) is 14.2 Å². The quantitative estimate of drug-likeness (QED) is 0.843. The molecule has 1 aromatic carbocycles. The molecule has 0 aliphatic carbocycles. The van der Waals surface area contributed by atoms with Crippen LogP contribution in [-0.2, 0) is 4.74 Å². The van der Waals surface area contributed by atoms with Gasteiger partial charge in [-0.05, 0) is 17.7 Å². The van der Waals surface area contributed by atoms with Crippen molar-refractivity contribution in [1.29, 1.82) is 0 Å². The predicted octanol–water partition coefficient (Wildman–Crippen LogP) is 1.48. The zero-order valence-corrected chi connectivity index (χ0v) is 9.15. The van der Waals surface area contributed by atoms with Crippen LogP contribution in [0.4, 0.5) is 4.79 Å². The maximum Gasteiger partial charge on any atom is 0.407 e. The van der Waals surface area contributed by atoms with Crippen LogP contribution in [0.5, 0.6) is 11.5 Å². The highest BCUT2D eigenvalue weighted by molar-refractivity contribution is 5.70. The number of cyclic esters (lactones) is 1. The highest BCUT2D eigenvalue weighted by Crippen LogP contribution is 2.28. The molecule has 1 heterocycles. The Bertz CT molecular complexity index is 383. The molecule has 1 saturated heterocycles. The average molecular weight is 223 g/mol. The Hall–Kier alpha value is -1.91. The smallest absolute Gasteiger partial charge is 0.407 e. The van der Waals surface area contributed by atoms with E-state index in [2.05, 4.69) is 5.32 Å². The van der Waals surface area contributed by atoms with Gasteiger partial charge in [0.1, 0.15) is 18.1 Å². The van der Waals surface area contributed by atoms with E-state index in [1.807, 2.05) is 12.1 Å². The minimum atomic E-state index is -0.396. The third-order valence-corrected chi connectivity index (χ3v) is 2.45. The van der Waals surface area contributed by atoms with Crippen molar-refractivity contribution in [2.75, 3.05) is 20.8 Å². The summed E-state index contributed by atoms with van der Waals surface area (Å²) in [6.45, 7) is 0.329. The zero-order valence-electron chi connectivity index (χ0n) is 9.15. The molecule has 1 N–H and O–H groups in total. The Morgan fingerprint density at radius 3 is 2.31 bits per heavy atom. The molecule has 1 amide bonds. The Labute approximate surface area is 93.3 Å². The fourth-order valence-corrected chi connectivity index (χ4v) is 1.59. The van der Waals surface area contributed by atoms with Gasteiger partial charge in [-0.25, -0.2) is 4.79 Å². The maximum absolute atomic E-state index is 10.9. The topological polar surface area (TPSA) is 56.8 Å². The largest absolute Gasteiger partial charge is 0.497 e. The van der Waals surface area contributed by atoms with Gasteiger partial charge in [-0.1, -0.05) is 0 Å². The summed E-state index contributed by atoms with van der Waals surface area (Å²) in [6.07, 6.45) is -0.396. The van der Waals surface area contributed by atoms with Crippen LogP contribution >= 0.6 is 0 Å². The van der Waals surface area contributed by atoms with Crippen LogP contribution in [0, 0.1) is 0 Å². The molecule has 5 heteroatoms. The van der Waals surface area contributed by atoms with Crippen molar-refractivity contribution in [3.8, 4) is 11.5 Å². The van der Waals surface area contributed by atoms with Gasteiger partial charge in [0, 0.05) is 6.07 Å². The minimum absolute atomic E-state index is 0.142. The van der Waals surface area contributed by atoms with Crippen LogP contribution in [-0.4, -0.2) is 26.9 Å². The summed E-state index contributed by atoms with van der Waals surface area (Å²) in [5, 5.41) is 2.70. The molecule has 86 valence electrons. The van der Waals surface area contributed by atoms with Gasteiger partial charge in [0.05, 0.1) is 20.3 Å². The molecule has 0 bridgehead atoms. The number of methoxy groups -OCH3 is 2. The number of nitrogens with one attached hydrogen (secondary N) is 1. The van der Waals surface area contributed by atoms with E-state index in [0.717, 1.165) is 5.56 Å². The number of carbonyl (C=O) groups is 1. The summed E-state index contributed by atoms with van der Waals surface area (Å²) in [5.41, 5.74) is 0.905. The third-order valence-electron chi connectivity index (χ3n) is 2.45. The molecule has 0 aromatic heterocycles. The predicted molar refractivity (Wildman–Crippen MR) is 56.8 cm³/mol. The maximum atomic E-state index is 10.9. The van der Waals surface area contributed by atoms with Crippen LogP contribution in [0.1, 0.15) is 11.6 Å². The van der Waals surface area contributed by atoms with Crippen molar-refractivity contribution >= 4 is 6.09 Å². The molecule has 2 rings (SSSR count). The van der Waals surface area contributed by atoms with Crippen LogP contribution in [0.25, 0.3) is 0 Å². The van der Waals surface area contributed by atoms with Crippen LogP contribution < -0.4 is 14.8 Å². The van der Waals surface area contributed by atoms with E-state index in [1.54, 1.807) is 20.3 Å². The number of amides is 1. The first-order chi connectivity index (χ1) is 7.72. The van der Waals surface area contributed by atoms with Crippen molar-refractivity contribution in [2.45, 2.75) is 6.04 Å². The number of rotatable bonds is 3. The lowest BCUT2D eigenvalue weighted by Crippen LogP contribution is -2.18. The first-order valence-corrected chi connectivity index (χ1v) is 4.89. The lowest BCUT2D eigenvalue weighted by molar-refractivity contribution is 0.177. The van der Waals surface area contributed by atoms with Crippen LogP contribution in [0.3, 0.4) is 0 Å². The molecule has 1 aromatic rings. The minimum Gasteiger partial charge on any atom is -0.497 e. The molecule has 1 aliphatic rings. The standard InChI is InChI=1S/C11H13NO4/c1-14-8-3-7(4-9(5-8)15-2)10-6-16-11(13)12-10/h3-5,10H,6H2,1-2H3,(H,12,13)/t10-/m0/s1. The number of alkyl carbamates (subject to hydrolysis) is 1. The van der Waals surface area contributed by atoms with Gasteiger partial charge < -0.3 is 19.5 Å². The molecule has 5 nitrogen and oxygen atoms in total. The summed E-state index contributed by atoms with van der Waals surface area (Å²) in [5.74, 6) is 1.38. The first kappa shape index (κ1) is 10.6. The monoisotopic (exact) mass is 223 g/mol. The lowest BCUT2D eigenvalue weighted by atomic mass is 10.1. The van der Waals surface area contributed by atoms with Crippen molar-refractivity contribution in [3.05, 3.63) is 23.8 Å². The fourth-order valence-electron chi connectivity index (χ4n) is 1.59. The highest BCUT2D eigenvalue weighted by atomic mass is 16.6. The van der Waals surface area contributed by atoms with Crippen molar-refractivity contribution in [3.63, 3.8) is 0 Å². The van der Waals surface area contributed by atoms with Gasteiger partial charge in [-0.2, -0.15) is 0 Å². The third kappa shape index (κ3) is 2.03. The number of carbonyl (C=O) groups excluding carboxylic acids is 1. The molecule has 1 fully saturated rings. The lowest BCUT2D eigenvalue weighted by Gasteiger charge is -2.11. The average Bonchev–Trinajstić information content (AvgIpc) is 2.75. The Balaban J connectivity index is 2.29. The fraction of sp³-hybridized carbons (Fsp3) is 0.364. The molecule has 0 unspecified atom stereocenters. The van der Waals surface area contributed by atoms with Crippen molar-refractivity contribution in [1.82, 2.24) is 5.32 Å². The normalized spacial score (nSPS) is 18.9. The molecule has 1 aliphatic heterocycles. The summed E-state index contributed by atoms with van der Waals surface area (Å²) >= 11 is 0.